The molecule has 1 N–H and O–H groups in total. The van der Waals surface area contributed by atoms with Crippen LogP contribution in [0.15, 0.2) is 24.3 Å². The average molecular weight is 221 g/mol. The zero-order valence-electron chi connectivity index (χ0n) is 9.89. The first-order valence-corrected chi connectivity index (χ1v) is 5.76. The lowest BCUT2D eigenvalue weighted by Crippen LogP contribution is -2.22. The molecule has 1 aliphatic heterocycles. The van der Waals surface area contributed by atoms with Crippen molar-refractivity contribution in [3.8, 4) is 0 Å². The zero-order valence-corrected chi connectivity index (χ0v) is 9.89. The fourth-order valence-electron chi connectivity index (χ4n) is 2.12. The molecule has 2 atom stereocenters. The van der Waals surface area contributed by atoms with Gasteiger partial charge in [0.2, 0.25) is 0 Å². The Balaban J connectivity index is 2.05. The third-order valence-corrected chi connectivity index (χ3v) is 3.22. The van der Waals surface area contributed by atoms with Crippen LogP contribution in [0, 0.1) is 0 Å². The number of aliphatic hydroxyl groups excluding tert-OH is 1. The van der Waals surface area contributed by atoms with Crippen LogP contribution in [-0.2, 0) is 4.74 Å². The fourth-order valence-corrected chi connectivity index (χ4v) is 2.12. The Bertz CT molecular complexity index is 334. The molecular weight excluding hydrogens is 202 g/mol. The van der Waals surface area contributed by atoms with Crippen molar-refractivity contribution in [2.75, 3.05) is 25.1 Å². The van der Waals surface area contributed by atoms with Gasteiger partial charge in [0.1, 0.15) is 0 Å². The van der Waals surface area contributed by atoms with Gasteiger partial charge < -0.3 is 14.7 Å². The highest BCUT2D eigenvalue weighted by Crippen LogP contribution is 2.23. The van der Waals surface area contributed by atoms with E-state index in [2.05, 4.69) is 17.0 Å². The van der Waals surface area contributed by atoms with Crippen molar-refractivity contribution in [1.82, 2.24) is 0 Å². The van der Waals surface area contributed by atoms with E-state index in [4.69, 9.17) is 4.74 Å². The van der Waals surface area contributed by atoms with E-state index < -0.39 is 0 Å². The maximum absolute atomic E-state index is 9.43. The van der Waals surface area contributed by atoms with Gasteiger partial charge in [-0.05, 0) is 31.0 Å². The highest BCUT2D eigenvalue weighted by atomic mass is 16.5. The van der Waals surface area contributed by atoms with Crippen molar-refractivity contribution >= 4 is 5.69 Å². The van der Waals surface area contributed by atoms with Gasteiger partial charge in [0.05, 0.1) is 12.2 Å². The van der Waals surface area contributed by atoms with E-state index in [1.807, 2.05) is 12.1 Å². The monoisotopic (exact) mass is 221 g/mol. The molecule has 1 aliphatic rings. The maximum atomic E-state index is 9.43. The number of nitrogens with zero attached hydrogens (tertiary/aromatic N) is 1. The molecule has 0 spiro atoms. The molecule has 0 bridgehead atoms. The number of hydrogen-bond acceptors (Lipinski definition) is 3. The van der Waals surface area contributed by atoms with Crippen LogP contribution in [0.1, 0.15) is 25.0 Å². The lowest BCUT2D eigenvalue weighted by Gasteiger charge is -2.19. The van der Waals surface area contributed by atoms with Crippen molar-refractivity contribution in [3.63, 3.8) is 0 Å². The number of ether oxygens (including phenoxy) is 1. The third kappa shape index (κ3) is 2.36. The minimum atomic E-state index is -0.389. The third-order valence-electron chi connectivity index (χ3n) is 3.22. The van der Waals surface area contributed by atoms with Crippen LogP contribution in [0.3, 0.4) is 0 Å². The van der Waals surface area contributed by atoms with E-state index in [9.17, 15) is 5.11 Å². The number of hydrogen-bond donors (Lipinski definition) is 1. The normalized spacial score (nSPS) is 22.4. The topological polar surface area (TPSA) is 32.7 Å². The fraction of sp³-hybridized carbons (Fsp3) is 0.538. The van der Waals surface area contributed by atoms with Crippen LogP contribution in [0.2, 0.25) is 0 Å². The van der Waals surface area contributed by atoms with Crippen molar-refractivity contribution in [1.29, 1.82) is 0 Å². The maximum Gasteiger partial charge on any atom is 0.0762 e. The Morgan fingerprint density at radius 3 is 2.56 bits per heavy atom. The minimum Gasteiger partial charge on any atom is -0.389 e. The molecule has 1 saturated heterocycles. The molecule has 1 aromatic carbocycles. The first kappa shape index (κ1) is 11.4. The van der Waals surface area contributed by atoms with Crippen molar-refractivity contribution in [2.24, 2.45) is 0 Å². The molecule has 1 aromatic rings. The van der Waals surface area contributed by atoms with Crippen LogP contribution in [0.25, 0.3) is 0 Å². The van der Waals surface area contributed by atoms with Gasteiger partial charge >= 0.3 is 0 Å². The Labute approximate surface area is 96.6 Å². The Morgan fingerprint density at radius 2 is 2.06 bits per heavy atom. The average Bonchev–Trinajstić information content (AvgIpc) is 2.77. The largest absolute Gasteiger partial charge is 0.389 e. The van der Waals surface area contributed by atoms with Crippen LogP contribution < -0.4 is 4.90 Å². The summed E-state index contributed by atoms with van der Waals surface area (Å²) in [6.07, 6.45) is 1.06. The van der Waals surface area contributed by atoms with E-state index in [-0.39, 0.29) is 6.10 Å². The summed E-state index contributed by atoms with van der Waals surface area (Å²) in [7, 11) is 1.77. The summed E-state index contributed by atoms with van der Waals surface area (Å²) < 4.78 is 5.34. The quantitative estimate of drug-likeness (QED) is 0.847. The Hall–Kier alpha value is -1.06. The molecule has 1 fully saturated rings. The predicted octanol–water partition coefficient (Wildman–Crippen LogP) is 1.96. The van der Waals surface area contributed by atoms with Gasteiger partial charge in [0.15, 0.2) is 0 Å². The van der Waals surface area contributed by atoms with Crippen LogP contribution in [0.5, 0.6) is 0 Å². The van der Waals surface area contributed by atoms with Gasteiger partial charge in [-0.1, -0.05) is 12.1 Å². The number of benzene rings is 1. The molecule has 0 amide bonds. The first-order chi connectivity index (χ1) is 7.70. The summed E-state index contributed by atoms with van der Waals surface area (Å²) in [4.78, 5) is 2.32. The van der Waals surface area contributed by atoms with Crippen molar-refractivity contribution in [2.45, 2.75) is 25.6 Å². The van der Waals surface area contributed by atoms with E-state index >= 15 is 0 Å². The number of rotatable bonds is 3. The Morgan fingerprint density at radius 1 is 1.38 bits per heavy atom. The molecule has 16 heavy (non-hydrogen) atoms. The molecule has 3 nitrogen and oxygen atoms in total. The molecule has 0 aliphatic carbocycles. The zero-order chi connectivity index (χ0) is 11.5. The van der Waals surface area contributed by atoms with E-state index in [0.29, 0.717) is 6.10 Å². The van der Waals surface area contributed by atoms with Crippen LogP contribution in [0.4, 0.5) is 5.69 Å². The summed E-state index contributed by atoms with van der Waals surface area (Å²) in [6, 6.07) is 8.11. The highest BCUT2D eigenvalue weighted by Gasteiger charge is 2.21. The second-order valence-corrected chi connectivity index (χ2v) is 4.36. The highest BCUT2D eigenvalue weighted by molar-refractivity contribution is 5.48. The molecule has 0 saturated carbocycles. The standard InChI is InChI=1S/C13H19NO2/c1-10(15)11-3-5-12(6-4-11)14-8-7-13(9-14)16-2/h3-6,10,13,15H,7-9H2,1-2H3/t10-,13?/m0/s1. The lowest BCUT2D eigenvalue weighted by atomic mass is 10.1. The van der Waals surface area contributed by atoms with Gasteiger partial charge in [-0.2, -0.15) is 0 Å². The molecular formula is C13H19NO2. The summed E-state index contributed by atoms with van der Waals surface area (Å²) in [6.45, 7) is 3.79. The smallest absolute Gasteiger partial charge is 0.0762 e. The molecule has 1 unspecified atom stereocenters. The lowest BCUT2D eigenvalue weighted by molar-refractivity contribution is 0.121. The molecule has 0 radical (unpaired) electrons. The van der Waals surface area contributed by atoms with Crippen molar-refractivity contribution in [3.05, 3.63) is 29.8 Å². The summed E-state index contributed by atoms with van der Waals surface area (Å²) in [5.41, 5.74) is 2.18. The SMILES string of the molecule is COC1CCN(c2ccc([C@H](C)O)cc2)C1. The predicted molar refractivity (Wildman–Crippen MR) is 64.7 cm³/mol. The summed E-state index contributed by atoms with van der Waals surface area (Å²) >= 11 is 0. The number of anilines is 1. The number of methoxy groups -OCH3 is 1. The Kier molecular flexibility index (Phi) is 3.46. The van der Waals surface area contributed by atoms with Crippen LogP contribution in [-0.4, -0.2) is 31.4 Å². The molecule has 0 aromatic heterocycles. The van der Waals surface area contributed by atoms with Gasteiger partial charge in [0.25, 0.3) is 0 Å². The summed E-state index contributed by atoms with van der Waals surface area (Å²) in [5.74, 6) is 0. The van der Waals surface area contributed by atoms with Crippen molar-refractivity contribution < 1.29 is 9.84 Å². The second kappa shape index (κ2) is 4.85. The van der Waals surface area contributed by atoms with Gasteiger partial charge in [-0.3, -0.25) is 0 Å². The summed E-state index contributed by atoms with van der Waals surface area (Å²) in [5, 5.41) is 9.43. The van der Waals surface area contributed by atoms with E-state index in [1.165, 1.54) is 5.69 Å². The first-order valence-electron chi connectivity index (χ1n) is 5.76. The van der Waals surface area contributed by atoms with Gasteiger partial charge in [-0.15, -0.1) is 0 Å². The van der Waals surface area contributed by atoms with E-state index in [0.717, 1.165) is 25.1 Å². The molecule has 3 heteroatoms. The van der Waals surface area contributed by atoms with Gasteiger partial charge in [0, 0.05) is 25.9 Å². The van der Waals surface area contributed by atoms with Gasteiger partial charge in [-0.25, -0.2) is 0 Å². The molecule has 2 rings (SSSR count). The minimum absolute atomic E-state index is 0.358. The van der Waals surface area contributed by atoms with Crippen LogP contribution >= 0.6 is 0 Å². The molecule has 1 heterocycles. The van der Waals surface area contributed by atoms with E-state index in [1.54, 1.807) is 14.0 Å². The second-order valence-electron chi connectivity index (χ2n) is 4.36. The molecule has 88 valence electrons. The number of aliphatic hydroxyl groups is 1.